The summed E-state index contributed by atoms with van der Waals surface area (Å²) in [6, 6.07) is -0.813. The largest absolute Gasteiger partial charge is 0.444 e. The first-order valence-corrected chi connectivity index (χ1v) is 6.03. The van der Waals surface area contributed by atoms with Gasteiger partial charge in [-0.15, -0.1) is 5.10 Å². The van der Waals surface area contributed by atoms with Crippen LogP contribution in [-0.2, 0) is 16.2 Å². The minimum atomic E-state index is -0.813. The van der Waals surface area contributed by atoms with Crippen LogP contribution in [0.3, 0.4) is 0 Å². The Morgan fingerprint density at radius 3 is 2.60 bits per heavy atom. The first-order chi connectivity index (χ1) is 9.24. The van der Waals surface area contributed by atoms with Gasteiger partial charge in [0.15, 0.2) is 0 Å². The van der Waals surface area contributed by atoms with Gasteiger partial charge in [-0.05, 0) is 38.1 Å². The summed E-state index contributed by atoms with van der Waals surface area (Å²) in [5, 5.41) is 13.1. The second kappa shape index (κ2) is 6.42. The average Bonchev–Trinajstić information content (AvgIpc) is 2.73. The Morgan fingerprint density at radius 1 is 1.40 bits per heavy atom. The minimum Gasteiger partial charge on any atom is -0.444 e. The number of rotatable bonds is 5. The molecule has 1 N–H and O–H groups in total. The summed E-state index contributed by atoms with van der Waals surface area (Å²) in [5.74, 6) is -0.423. The monoisotopic (exact) mass is 285 g/mol. The molecule has 9 nitrogen and oxygen atoms in total. The van der Waals surface area contributed by atoms with Crippen molar-refractivity contribution in [2.45, 2.75) is 46.1 Å². The Bertz CT molecular complexity index is 479. The van der Waals surface area contributed by atoms with Gasteiger partial charge in [0.1, 0.15) is 12.3 Å². The molecule has 0 saturated carbocycles. The van der Waals surface area contributed by atoms with E-state index >= 15 is 0 Å². The molecule has 0 aliphatic heterocycles. The van der Waals surface area contributed by atoms with Gasteiger partial charge in [-0.3, -0.25) is 4.79 Å². The molecule has 0 fully saturated rings. The number of nitrogens with one attached hydrogen (secondary N) is 1. The highest BCUT2D eigenvalue weighted by atomic mass is 16.6. The normalized spacial score (nSPS) is 12.8. The van der Waals surface area contributed by atoms with Crippen molar-refractivity contribution in [3.63, 3.8) is 0 Å². The zero-order chi connectivity index (χ0) is 15.3. The molecule has 0 aliphatic rings. The fourth-order valence-corrected chi connectivity index (χ4v) is 1.33. The molecule has 20 heavy (non-hydrogen) atoms. The van der Waals surface area contributed by atoms with Gasteiger partial charge in [0, 0.05) is 7.11 Å². The summed E-state index contributed by atoms with van der Waals surface area (Å²) < 4.78 is 11.1. The van der Waals surface area contributed by atoms with Crippen LogP contribution >= 0.6 is 0 Å². The highest BCUT2D eigenvalue weighted by molar-refractivity contribution is 5.98. The van der Waals surface area contributed by atoms with Crippen molar-refractivity contribution < 1.29 is 19.1 Å². The van der Waals surface area contributed by atoms with E-state index < -0.39 is 23.5 Å². The summed E-state index contributed by atoms with van der Waals surface area (Å²) in [4.78, 5) is 23.7. The molecule has 1 aromatic rings. The summed E-state index contributed by atoms with van der Waals surface area (Å²) in [6.07, 6.45) is -0.677. The molecule has 0 bridgehead atoms. The van der Waals surface area contributed by atoms with Gasteiger partial charge in [-0.25, -0.2) is 4.79 Å². The lowest BCUT2D eigenvalue weighted by Gasteiger charge is -2.21. The number of amides is 1. The van der Waals surface area contributed by atoms with Crippen molar-refractivity contribution in [1.82, 2.24) is 25.5 Å². The number of hydrogen-bond donors (Lipinski definition) is 1. The van der Waals surface area contributed by atoms with Gasteiger partial charge in [-0.1, -0.05) is 0 Å². The number of carbonyl (C=O) groups is 2. The molecule has 0 saturated heterocycles. The van der Waals surface area contributed by atoms with E-state index in [0.29, 0.717) is 0 Å². The van der Waals surface area contributed by atoms with Crippen LogP contribution in [0.2, 0.25) is 0 Å². The highest BCUT2D eigenvalue weighted by Gasteiger charge is 2.25. The van der Waals surface area contributed by atoms with Gasteiger partial charge in [-0.2, -0.15) is 4.68 Å². The number of Topliss-reactive ketones (excluding diaryl/α,β-unsaturated/α-hetero) is 1. The van der Waals surface area contributed by atoms with E-state index in [4.69, 9.17) is 9.47 Å². The van der Waals surface area contributed by atoms with E-state index in [2.05, 4.69) is 20.8 Å². The van der Waals surface area contributed by atoms with Crippen LogP contribution in [0.15, 0.2) is 0 Å². The molecule has 0 aliphatic carbocycles. The maximum atomic E-state index is 12.1. The van der Waals surface area contributed by atoms with Crippen molar-refractivity contribution in [2.75, 3.05) is 7.11 Å². The van der Waals surface area contributed by atoms with Crippen molar-refractivity contribution in [3.05, 3.63) is 5.82 Å². The van der Waals surface area contributed by atoms with Crippen LogP contribution in [0.1, 0.15) is 38.3 Å². The maximum absolute atomic E-state index is 12.1. The minimum absolute atomic E-state index is 0.00964. The highest BCUT2D eigenvalue weighted by Crippen LogP contribution is 2.07. The molecular formula is C11H19N5O4. The van der Waals surface area contributed by atoms with Crippen LogP contribution in [0, 0.1) is 0 Å². The lowest BCUT2D eigenvalue weighted by Crippen LogP contribution is -2.42. The SMILES string of the molecule is COCn1nnnc1C(=O)[C@H](C)NC(=O)OC(C)(C)C. The average molecular weight is 285 g/mol. The maximum Gasteiger partial charge on any atom is 0.408 e. The lowest BCUT2D eigenvalue weighted by atomic mass is 10.2. The molecule has 1 amide bonds. The van der Waals surface area contributed by atoms with E-state index in [1.807, 2.05) is 0 Å². The van der Waals surface area contributed by atoms with E-state index in [1.165, 1.54) is 18.7 Å². The number of methoxy groups -OCH3 is 1. The standard InChI is InChI=1S/C11H19N5O4/c1-7(12-10(18)20-11(2,3)4)8(17)9-13-14-15-16(9)6-19-5/h7H,6H2,1-5H3,(H,12,18)/t7-/m0/s1. The van der Waals surface area contributed by atoms with E-state index in [-0.39, 0.29) is 12.6 Å². The van der Waals surface area contributed by atoms with E-state index in [9.17, 15) is 9.59 Å². The predicted octanol–water partition coefficient (Wildman–Crippen LogP) is 0.373. The summed E-state index contributed by atoms with van der Waals surface area (Å²) in [6.45, 7) is 6.78. The molecule has 1 aromatic heterocycles. The number of aromatic nitrogens is 4. The molecule has 1 rings (SSSR count). The molecule has 9 heteroatoms. The quantitative estimate of drug-likeness (QED) is 0.778. The smallest absolute Gasteiger partial charge is 0.408 e. The third-order valence-electron chi connectivity index (χ3n) is 2.13. The van der Waals surface area contributed by atoms with Crippen molar-refractivity contribution in [3.8, 4) is 0 Å². The van der Waals surface area contributed by atoms with E-state index in [0.717, 1.165) is 0 Å². The molecule has 0 unspecified atom stereocenters. The predicted molar refractivity (Wildman–Crippen MR) is 68.0 cm³/mol. The number of carbonyl (C=O) groups excluding carboxylic acids is 2. The Hall–Kier alpha value is -2.03. The van der Waals surface area contributed by atoms with E-state index in [1.54, 1.807) is 20.8 Å². The first-order valence-electron chi connectivity index (χ1n) is 6.03. The first kappa shape index (κ1) is 16.0. The van der Waals surface area contributed by atoms with Crippen LogP contribution < -0.4 is 5.32 Å². The molecule has 0 aromatic carbocycles. The van der Waals surface area contributed by atoms with Gasteiger partial charge < -0.3 is 14.8 Å². The fraction of sp³-hybridized carbons (Fsp3) is 0.727. The van der Waals surface area contributed by atoms with Gasteiger partial charge in [0.25, 0.3) is 0 Å². The van der Waals surface area contributed by atoms with Crippen LogP contribution in [0.4, 0.5) is 4.79 Å². The lowest BCUT2D eigenvalue weighted by molar-refractivity contribution is 0.0494. The Morgan fingerprint density at radius 2 is 2.05 bits per heavy atom. The number of nitrogens with zero attached hydrogens (tertiary/aromatic N) is 4. The fourth-order valence-electron chi connectivity index (χ4n) is 1.33. The molecular weight excluding hydrogens is 266 g/mol. The van der Waals surface area contributed by atoms with Crippen LogP contribution in [-0.4, -0.2) is 50.8 Å². The summed E-state index contributed by atoms with van der Waals surface area (Å²) >= 11 is 0. The number of tetrazole rings is 1. The topological polar surface area (TPSA) is 108 Å². The molecule has 0 spiro atoms. The zero-order valence-corrected chi connectivity index (χ0v) is 12.2. The Kier molecular flexibility index (Phi) is 5.14. The number of hydrogen-bond acceptors (Lipinski definition) is 7. The van der Waals surface area contributed by atoms with Gasteiger partial charge >= 0.3 is 6.09 Å². The second-order valence-electron chi connectivity index (χ2n) is 5.15. The molecule has 112 valence electrons. The number of ketones is 1. The molecule has 1 heterocycles. The van der Waals surface area contributed by atoms with Gasteiger partial charge in [0.2, 0.25) is 11.6 Å². The number of ether oxygens (including phenoxy) is 2. The van der Waals surface area contributed by atoms with Crippen molar-refractivity contribution in [1.29, 1.82) is 0 Å². The van der Waals surface area contributed by atoms with Crippen LogP contribution in [0.25, 0.3) is 0 Å². The third-order valence-corrected chi connectivity index (χ3v) is 2.13. The van der Waals surface area contributed by atoms with Gasteiger partial charge in [0.05, 0.1) is 6.04 Å². The second-order valence-corrected chi connectivity index (χ2v) is 5.15. The zero-order valence-electron chi connectivity index (χ0n) is 12.2. The number of alkyl carbamates (subject to hydrolysis) is 1. The van der Waals surface area contributed by atoms with Crippen molar-refractivity contribution >= 4 is 11.9 Å². The summed E-state index contributed by atoms with van der Waals surface area (Å²) in [7, 11) is 1.46. The third kappa shape index (κ3) is 4.57. The molecule has 1 atom stereocenters. The Balaban J connectivity index is 2.67. The Labute approximate surface area is 116 Å². The van der Waals surface area contributed by atoms with Crippen LogP contribution in [0.5, 0.6) is 0 Å². The molecule has 0 radical (unpaired) electrons. The van der Waals surface area contributed by atoms with Crippen molar-refractivity contribution in [2.24, 2.45) is 0 Å². The summed E-state index contributed by atoms with van der Waals surface area (Å²) in [5.41, 5.74) is -0.634.